The number of aromatic nitrogens is 3. The van der Waals surface area contributed by atoms with Gasteiger partial charge in [-0.3, -0.25) is 9.59 Å². The molecule has 1 aromatic carbocycles. The van der Waals surface area contributed by atoms with Crippen molar-refractivity contribution < 1.29 is 9.59 Å². The normalized spacial score (nSPS) is 16.4. The smallest absolute Gasteiger partial charge is 0.266 e. The molecule has 1 fully saturated rings. The van der Waals surface area contributed by atoms with Crippen molar-refractivity contribution in [3.63, 3.8) is 0 Å². The first kappa shape index (κ1) is 18.4. The lowest BCUT2D eigenvalue weighted by atomic mass is 10.2. The van der Waals surface area contributed by atoms with Gasteiger partial charge in [-0.25, -0.2) is 9.67 Å². The number of hydrogen-bond donors (Lipinski definition) is 1. The quantitative estimate of drug-likeness (QED) is 0.736. The number of benzene rings is 1. The van der Waals surface area contributed by atoms with Crippen LogP contribution < -0.4 is 5.32 Å². The minimum Gasteiger partial charge on any atom is -0.326 e. The third kappa shape index (κ3) is 3.55. The van der Waals surface area contributed by atoms with Crippen LogP contribution in [0.3, 0.4) is 0 Å². The van der Waals surface area contributed by atoms with Crippen LogP contribution in [0.1, 0.15) is 33.2 Å². The Kier molecular flexibility index (Phi) is 4.95. The Morgan fingerprint density at radius 2 is 2.11 bits per heavy atom. The van der Waals surface area contributed by atoms with E-state index in [9.17, 15) is 9.59 Å². The molecule has 1 N–H and O–H groups in total. The Balaban J connectivity index is 1.50. The number of anilines is 1. The number of rotatable bonds is 4. The molecule has 0 aliphatic carbocycles. The monoisotopic (exact) mass is 395 g/mol. The van der Waals surface area contributed by atoms with Crippen molar-refractivity contribution in [2.24, 2.45) is 0 Å². The Morgan fingerprint density at radius 1 is 1.25 bits per heavy atom. The molecule has 8 heteroatoms. The van der Waals surface area contributed by atoms with Crippen LogP contribution in [-0.2, 0) is 4.79 Å². The zero-order valence-electron chi connectivity index (χ0n) is 15.8. The number of nitrogens with zero attached hydrogens (tertiary/aromatic N) is 4. The van der Waals surface area contributed by atoms with Crippen molar-refractivity contribution in [2.45, 2.75) is 32.7 Å². The van der Waals surface area contributed by atoms with Gasteiger partial charge in [0.05, 0.1) is 16.4 Å². The number of thiazole rings is 1. The second-order valence-electron chi connectivity index (χ2n) is 6.79. The molecule has 2 amide bonds. The molecule has 1 aliphatic rings. The van der Waals surface area contributed by atoms with E-state index in [2.05, 4.69) is 15.4 Å². The second-order valence-corrected chi connectivity index (χ2v) is 8.00. The fourth-order valence-electron chi connectivity index (χ4n) is 3.52. The summed E-state index contributed by atoms with van der Waals surface area (Å²) in [6, 6.07) is 8.86. The minimum absolute atomic E-state index is 0.106. The van der Waals surface area contributed by atoms with E-state index < -0.39 is 6.04 Å². The number of aryl methyl sites for hydroxylation is 2. The van der Waals surface area contributed by atoms with Gasteiger partial charge in [0.2, 0.25) is 5.91 Å². The molecule has 0 radical (unpaired) electrons. The maximum atomic E-state index is 13.0. The summed E-state index contributed by atoms with van der Waals surface area (Å²) < 4.78 is 1.73. The Morgan fingerprint density at radius 3 is 2.82 bits per heavy atom. The second kappa shape index (κ2) is 7.55. The van der Waals surface area contributed by atoms with E-state index >= 15 is 0 Å². The van der Waals surface area contributed by atoms with Crippen molar-refractivity contribution in [2.75, 3.05) is 11.9 Å². The average Bonchev–Trinajstić information content (AvgIpc) is 3.42. The number of carbonyl (C=O) groups excluding carboxylic acids is 2. The summed E-state index contributed by atoms with van der Waals surface area (Å²) in [5, 5.41) is 8.02. The lowest BCUT2D eigenvalue weighted by Gasteiger charge is -2.23. The SMILES string of the molecule is Cc1nc(C)c(C(=O)N2CCC[C@H]2C(=O)Nc2cccc(-n3cccn3)c2)s1. The molecule has 1 atom stereocenters. The van der Waals surface area contributed by atoms with Gasteiger partial charge in [-0.05, 0) is 51.0 Å². The van der Waals surface area contributed by atoms with Gasteiger partial charge >= 0.3 is 0 Å². The average molecular weight is 395 g/mol. The maximum Gasteiger partial charge on any atom is 0.266 e. The molecule has 4 rings (SSSR count). The molecule has 3 heterocycles. The van der Waals surface area contributed by atoms with Gasteiger partial charge in [-0.15, -0.1) is 11.3 Å². The molecule has 1 aliphatic heterocycles. The summed E-state index contributed by atoms with van der Waals surface area (Å²) in [7, 11) is 0. The fourth-order valence-corrected chi connectivity index (χ4v) is 4.39. The summed E-state index contributed by atoms with van der Waals surface area (Å²) in [6.07, 6.45) is 5.02. The highest BCUT2D eigenvalue weighted by Gasteiger charge is 2.35. The van der Waals surface area contributed by atoms with Crippen LogP contribution in [0.25, 0.3) is 5.69 Å². The molecular formula is C20H21N5O2S. The first-order valence-electron chi connectivity index (χ1n) is 9.19. The van der Waals surface area contributed by atoms with Crippen LogP contribution in [0.5, 0.6) is 0 Å². The van der Waals surface area contributed by atoms with Crippen LogP contribution in [0, 0.1) is 13.8 Å². The predicted octanol–water partition coefficient (Wildman–Crippen LogP) is 3.19. The lowest BCUT2D eigenvalue weighted by molar-refractivity contribution is -0.119. The highest BCUT2D eigenvalue weighted by atomic mass is 32.1. The molecule has 0 unspecified atom stereocenters. The molecule has 7 nitrogen and oxygen atoms in total. The predicted molar refractivity (Wildman–Crippen MR) is 108 cm³/mol. The van der Waals surface area contributed by atoms with Crippen molar-refractivity contribution in [1.29, 1.82) is 0 Å². The van der Waals surface area contributed by atoms with Gasteiger partial charge in [0.25, 0.3) is 5.91 Å². The van der Waals surface area contributed by atoms with E-state index in [4.69, 9.17) is 0 Å². The van der Waals surface area contributed by atoms with Gasteiger partial charge in [0.1, 0.15) is 10.9 Å². The molecule has 1 saturated heterocycles. The summed E-state index contributed by atoms with van der Waals surface area (Å²) >= 11 is 1.38. The van der Waals surface area contributed by atoms with Crippen molar-refractivity contribution >= 4 is 28.8 Å². The molecular weight excluding hydrogens is 374 g/mol. The van der Waals surface area contributed by atoms with Gasteiger partial charge in [-0.2, -0.15) is 5.10 Å². The zero-order chi connectivity index (χ0) is 19.7. The molecule has 0 bridgehead atoms. The van der Waals surface area contributed by atoms with E-state index in [0.717, 1.165) is 22.8 Å². The third-order valence-corrected chi connectivity index (χ3v) is 5.86. The van der Waals surface area contributed by atoms with Gasteiger partial charge in [0.15, 0.2) is 0 Å². The zero-order valence-corrected chi connectivity index (χ0v) is 16.6. The Labute approximate surface area is 167 Å². The van der Waals surface area contributed by atoms with Crippen molar-refractivity contribution in [1.82, 2.24) is 19.7 Å². The maximum absolute atomic E-state index is 13.0. The number of likely N-dealkylation sites (tertiary alicyclic amines) is 1. The van der Waals surface area contributed by atoms with E-state index in [0.29, 0.717) is 23.5 Å². The summed E-state index contributed by atoms with van der Waals surface area (Å²) in [6.45, 7) is 4.30. The summed E-state index contributed by atoms with van der Waals surface area (Å²) in [5.74, 6) is -0.270. The van der Waals surface area contributed by atoms with Crippen LogP contribution in [0.2, 0.25) is 0 Å². The third-order valence-electron chi connectivity index (χ3n) is 4.80. The summed E-state index contributed by atoms with van der Waals surface area (Å²) in [4.78, 5) is 32.5. The van der Waals surface area contributed by atoms with Crippen LogP contribution in [-0.4, -0.2) is 44.1 Å². The standard InChI is InChI=1S/C20H21N5O2S/c1-13-18(28-14(2)22-13)20(27)24-10-4-8-17(24)19(26)23-15-6-3-7-16(12-15)25-11-5-9-21-25/h3,5-7,9,11-12,17H,4,8,10H2,1-2H3,(H,23,26)/t17-/m0/s1. The van der Waals surface area contributed by atoms with Crippen LogP contribution in [0.15, 0.2) is 42.7 Å². The van der Waals surface area contributed by atoms with Gasteiger partial charge in [-0.1, -0.05) is 6.07 Å². The molecule has 144 valence electrons. The number of carbonyl (C=O) groups is 2. The summed E-state index contributed by atoms with van der Waals surface area (Å²) in [5.41, 5.74) is 2.27. The van der Waals surface area contributed by atoms with Crippen molar-refractivity contribution in [3.05, 3.63) is 58.3 Å². The van der Waals surface area contributed by atoms with Crippen LogP contribution >= 0.6 is 11.3 Å². The van der Waals surface area contributed by atoms with Crippen LogP contribution in [0.4, 0.5) is 5.69 Å². The van der Waals surface area contributed by atoms with Gasteiger partial charge < -0.3 is 10.2 Å². The van der Waals surface area contributed by atoms with E-state index in [1.165, 1.54) is 11.3 Å². The topological polar surface area (TPSA) is 80.1 Å². The van der Waals surface area contributed by atoms with Crippen molar-refractivity contribution in [3.8, 4) is 5.69 Å². The van der Waals surface area contributed by atoms with E-state index in [-0.39, 0.29) is 11.8 Å². The molecule has 0 saturated carbocycles. The largest absolute Gasteiger partial charge is 0.326 e. The lowest BCUT2D eigenvalue weighted by Crippen LogP contribution is -2.43. The molecule has 0 spiro atoms. The van der Waals surface area contributed by atoms with E-state index in [1.807, 2.05) is 50.4 Å². The van der Waals surface area contributed by atoms with Gasteiger partial charge in [0, 0.05) is 24.6 Å². The number of hydrogen-bond acceptors (Lipinski definition) is 5. The first-order valence-corrected chi connectivity index (χ1v) is 10.0. The fraction of sp³-hybridized carbons (Fsp3) is 0.300. The molecule has 3 aromatic rings. The highest BCUT2D eigenvalue weighted by molar-refractivity contribution is 7.13. The number of amides is 2. The highest BCUT2D eigenvalue weighted by Crippen LogP contribution is 2.26. The molecule has 28 heavy (non-hydrogen) atoms. The van der Waals surface area contributed by atoms with E-state index in [1.54, 1.807) is 15.8 Å². The Hall–Kier alpha value is -3.00. The number of nitrogens with one attached hydrogen (secondary N) is 1. The Bertz CT molecular complexity index is 1010. The first-order chi connectivity index (χ1) is 13.5. The minimum atomic E-state index is -0.470. The molecule has 2 aromatic heterocycles.